The molecular weight excluding hydrogens is 349 g/mol. The highest BCUT2D eigenvalue weighted by Gasteiger charge is 2.11. The van der Waals surface area contributed by atoms with E-state index in [9.17, 15) is 5.11 Å². The van der Waals surface area contributed by atoms with Crippen LogP contribution in [0.2, 0.25) is 10.0 Å². The van der Waals surface area contributed by atoms with Gasteiger partial charge in [0.25, 0.3) is 0 Å². The molecule has 0 aliphatic heterocycles. The third-order valence-corrected chi connectivity index (χ3v) is 3.85. The summed E-state index contributed by atoms with van der Waals surface area (Å²) in [6, 6.07) is 12.7. The van der Waals surface area contributed by atoms with E-state index in [1.165, 1.54) is 0 Å². The molecule has 2 aromatic carbocycles. The maximum absolute atomic E-state index is 10.1. The Morgan fingerprint density at radius 1 is 1.11 bits per heavy atom. The van der Waals surface area contributed by atoms with Gasteiger partial charge in [0.05, 0.1) is 16.8 Å². The highest BCUT2D eigenvalue weighted by atomic mass is 79.9. The molecule has 2 rings (SSSR count). The Hall–Kier alpha value is -0.740. The van der Waals surface area contributed by atoms with Crippen LogP contribution >= 0.6 is 39.1 Å². The molecule has 1 unspecified atom stereocenters. The maximum Gasteiger partial charge on any atom is 0.0976 e. The van der Waals surface area contributed by atoms with Gasteiger partial charge in [0.15, 0.2) is 0 Å². The topological polar surface area (TPSA) is 32.3 Å². The SMILES string of the molecule is OC(CNc1cc(Br)ccc1Cl)c1ccccc1Cl. The first-order valence-corrected chi connectivity index (χ1v) is 7.24. The molecule has 5 heteroatoms. The molecule has 0 spiro atoms. The van der Waals surface area contributed by atoms with Crippen LogP contribution < -0.4 is 5.32 Å². The third-order valence-electron chi connectivity index (χ3n) is 2.68. The summed E-state index contributed by atoms with van der Waals surface area (Å²) >= 11 is 15.5. The van der Waals surface area contributed by atoms with Crippen molar-refractivity contribution in [3.8, 4) is 0 Å². The first-order chi connectivity index (χ1) is 9.08. The first kappa shape index (κ1) is 14.7. The number of anilines is 1. The molecule has 0 amide bonds. The fraction of sp³-hybridized carbons (Fsp3) is 0.143. The van der Waals surface area contributed by atoms with E-state index in [4.69, 9.17) is 23.2 Å². The standard InChI is InChI=1S/C14H12BrCl2NO/c15-9-5-6-12(17)13(7-9)18-8-14(19)10-3-1-2-4-11(10)16/h1-7,14,18-19H,8H2. The Morgan fingerprint density at radius 2 is 1.84 bits per heavy atom. The molecule has 0 aliphatic rings. The Labute approximate surface area is 130 Å². The van der Waals surface area contributed by atoms with Crippen LogP contribution in [0.4, 0.5) is 5.69 Å². The van der Waals surface area contributed by atoms with Gasteiger partial charge in [-0.1, -0.05) is 57.3 Å². The number of hydrogen-bond acceptors (Lipinski definition) is 2. The van der Waals surface area contributed by atoms with Crippen molar-refractivity contribution in [1.29, 1.82) is 0 Å². The minimum atomic E-state index is -0.691. The smallest absolute Gasteiger partial charge is 0.0976 e. The molecule has 0 aliphatic carbocycles. The van der Waals surface area contributed by atoms with E-state index in [1.807, 2.05) is 24.3 Å². The summed E-state index contributed by atoms with van der Waals surface area (Å²) in [6.07, 6.45) is -0.691. The number of aliphatic hydroxyl groups is 1. The zero-order chi connectivity index (χ0) is 13.8. The van der Waals surface area contributed by atoms with E-state index in [-0.39, 0.29) is 0 Å². The summed E-state index contributed by atoms with van der Waals surface area (Å²) in [4.78, 5) is 0. The van der Waals surface area contributed by atoms with Gasteiger partial charge in [0.1, 0.15) is 0 Å². The van der Waals surface area contributed by atoms with E-state index in [1.54, 1.807) is 18.2 Å². The first-order valence-electron chi connectivity index (χ1n) is 5.69. The van der Waals surface area contributed by atoms with E-state index < -0.39 is 6.10 Å². The Kier molecular flexibility index (Phi) is 5.11. The molecule has 0 heterocycles. The van der Waals surface area contributed by atoms with Crippen LogP contribution in [0.1, 0.15) is 11.7 Å². The zero-order valence-corrected chi connectivity index (χ0v) is 13.0. The molecule has 2 aromatic rings. The summed E-state index contributed by atoms with van der Waals surface area (Å²) < 4.78 is 0.923. The van der Waals surface area contributed by atoms with Crippen molar-refractivity contribution in [1.82, 2.24) is 0 Å². The number of nitrogens with one attached hydrogen (secondary N) is 1. The predicted molar refractivity (Wildman–Crippen MR) is 84.1 cm³/mol. The quantitative estimate of drug-likeness (QED) is 0.812. The predicted octanol–water partition coefficient (Wildman–Crippen LogP) is 4.90. The Balaban J connectivity index is 2.06. The van der Waals surface area contributed by atoms with Gasteiger partial charge in [-0.05, 0) is 24.3 Å². The van der Waals surface area contributed by atoms with Crippen molar-refractivity contribution >= 4 is 44.8 Å². The van der Waals surface area contributed by atoms with E-state index in [0.717, 1.165) is 10.2 Å². The van der Waals surface area contributed by atoms with Gasteiger partial charge in [0, 0.05) is 21.6 Å². The molecule has 2 nitrogen and oxygen atoms in total. The highest BCUT2D eigenvalue weighted by molar-refractivity contribution is 9.10. The molecule has 0 radical (unpaired) electrons. The van der Waals surface area contributed by atoms with Crippen molar-refractivity contribution in [3.63, 3.8) is 0 Å². The summed E-state index contributed by atoms with van der Waals surface area (Å²) in [5.74, 6) is 0. The fourth-order valence-electron chi connectivity index (χ4n) is 1.69. The maximum atomic E-state index is 10.1. The van der Waals surface area contributed by atoms with Crippen LogP contribution in [0.25, 0.3) is 0 Å². The molecule has 1 atom stereocenters. The van der Waals surface area contributed by atoms with E-state index in [2.05, 4.69) is 21.2 Å². The van der Waals surface area contributed by atoms with Gasteiger partial charge in [0.2, 0.25) is 0 Å². The zero-order valence-electron chi connectivity index (χ0n) is 9.91. The molecular formula is C14H12BrCl2NO. The molecule has 0 fully saturated rings. The van der Waals surface area contributed by atoms with Crippen LogP contribution in [0.15, 0.2) is 46.9 Å². The van der Waals surface area contributed by atoms with Crippen LogP contribution in [-0.2, 0) is 0 Å². The minimum absolute atomic E-state index is 0.333. The van der Waals surface area contributed by atoms with Crippen LogP contribution in [0.5, 0.6) is 0 Å². The van der Waals surface area contributed by atoms with Crippen LogP contribution in [0, 0.1) is 0 Å². The number of benzene rings is 2. The molecule has 0 bridgehead atoms. The van der Waals surface area contributed by atoms with Crippen molar-refractivity contribution < 1.29 is 5.11 Å². The lowest BCUT2D eigenvalue weighted by atomic mass is 10.1. The molecule has 0 saturated carbocycles. The van der Waals surface area contributed by atoms with Gasteiger partial charge in [-0.25, -0.2) is 0 Å². The largest absolute Gasteiger partial charge is 0.387 e. The summed E-state index contributed by atoms with van der Waals surface area (Å²) in [5.41, 5.74) is 1.46. The van der Waals surface area contributed by atoms with Gasteiger partial charge in [-0.3, -0.25) is 0 Å². The van der Waals surface area contributed by atoms with Crippen molar-refractivity contribution in [3.05, 3.63) is 62.5 Å². The second-order valence-corrected chi connectivity index (χ2v) is 5.77. The average Bonchev–Trinajstić information content (AvgIpc) is 2.40. The second-order valence-electron chi connectivity index (χ2n) is 4.04. The summed E-state index contributed by atoms with van der Waals surface area (Å²) in [7, 11) is 0. The molecule has 19 heavy (non-hydrogen) atoms. The van der Waals surface area contributed by atoms with Crippen molar-refractivity contribution in [2.75, 3.05) is 11.9 Å². The molecule has 0 saturated heterocycles. The average molecular weight is 361 g/mol. The number of hydrogen-bond donors (Lipinski definition) is 2. The molecule has 100 valence electrons. The monoisotopic (exact) mass is 359 g/mol. The molecule has 0 aromatic heterocycles. The lowest BCUT2D eigenvalue weighted by Gasteiger charge is -2.15. The van der Waals surface area contributed by atoms with Gasteiger partial charge in [-0.15, -0.1) is 0 Å². The molecule has 2 N–H and O–H groups in total. The second kappa shape index (κ2) is 6.62. The van der Waals surface area contributed by atoms with Gasteiger partial charge >= 0.3 is 0 Å². The number of rotatable bonds is 4. The van der Waals surface area contributed by atoms with Gasteiger partial charge in [-0.2, -0.15) is 0 Å². The van der Waals surface area contributed by atoms with Crippen molar-refractivity contribution in [2.24, 2.45) is 0 Å². The number of halogens is 3. The van der Waals surface area contributed by atoms with Crippen molar-refractivity contribution in [2.45, 2.75) is 6.10 Å². The fourth-order valence-corrected chi connectivity index (χ4v) is 2.50. The third kappa shape index (κ3) is 3.86. The van der Waals surface area contributed by atoms with Crippen LogP contribution in [0.3, 0.4) is 0 Å². The van der Waals surface area contributed by atoms with E-state index >= 15 is 0 Å². The Bertz CT molecular complexity index is 577. The normalized spacial score (nSPS) is 12.2. The van der Waals surface area contributed by atoms with Crippen LogP contribution in [-0.4, -0.2) is 11.7 Å². The number of aliphatic hydroxyl groups excluding tert-OH is 1. The lowest BCUT2D eigenvalue weighted by molar-refractivity contribution is 0.192. The minimum Gasteiger partial charge on any atom is -0.387 e. The summed E-state index contributed by atoms with van der Waals surface area (Å²) in [5, 5.41) is 14.4. The summed E-state index contributed by atoms with van der Waals surface area (Å²) in [6.45, 7) is 0.333. The van der Waals surface area contributed by atoms with E-state index in [0.29, 0.717) is 22.2 Å². The highest BCUT2D eigenvalue weighted by Crippen LogP contribution is 2.27. The lowest BCUT2D eigenvalue weighted by Crippen LogP contribution is -2.12. The van der Waals surface area contributed by atoms with Gasteiger partial charge < -0.3 is 10.4 Å². The Morgan fingerprint density at radius 3 is 2.58 bits per heavy atom.